The second-order valence-corrected chi connectivity index (χ2v) is 10.3. The zero-order chi connectivity index (χ0) is 22.7. The van der Waals surface area contributed by atoms with Gasteiger partial charge in [-0.15, -0.1) is 0 Å². The van der Waals surface area contributed by atoms with Crippen LogP contribution in [0.1, 0.15) is 50.8 Å². The quantitative estimate of drug-likeness (QED) is 0.627. The number of nitrogens with one attached hydrogen (secondary N) is 1. The van der Waals surface area contributed by atoms with Crippen LogP contribution in [-0.2, 0) is 23.8 Å². The largest absolute Gasteiger partial charge is 0.444 e. The first-order valence-corrected chi connectivity index (χ1v) is 11.9. The van der Waals surface area contributed by atoms with Crippen LogP contribution in [0, 0.1) is 6.92 Å². The average molecular weight is 461 g/mol. The van der Waals surface area contributed by atoms with Gasteiger partial charge in [0.05, 0.1) is 12.3 Å². The van der Waals surface area contributed by atoms with Crippen molar-refractivity contribution < 1.29 is 26.9 Å². The lowest BCUT2D eigenvalue weighted by Crippen LogP contribution is -2.44. The molecule has 1 aliphatic heterocycles. The Kier molecular flexibility index (Phi) is 7.76. The molecule has 1 N–H and O–H groups in total. The van der Waals surface area contributed by atoms with E-state index in [1.807, 2.05) is 0 Å². The van der Waals surface area contributed by atoms with Crippen LogP contribution in [0.3, 0.4) is 0 Å². The number of likely N-dealkylation sites (tertiary alicyclic amines) is 1. The number of hydrogen-bond donors (Lipinski definition) is 1. The molecule has 1 heterocycles. The molecule has 10 heteroatoms. The molecule has 2 unspecified atom stereocenters. The molecule has 1 aromatic rings. The smallest absolute Gasteiger partial charge is 0.407 e. The number of carbonyl (C=O) groups is 2. The third-order valence-electron chi connectivity index (χ3n) is 4.64. The van der Waals surface area contributed by atoms with E-state index in [0.29, 0.717) is 22.6 Å². The number of amides is 2. The fraction of sp³-hybridized carbons (Fsp3) is 0.600. The number of alkyl carbamates (subject to hydrolysis) is 1. The van der Waals surface area contributed by atoms with E-state index in [9.17, 15) is 18.0 Å². The van der Waals surface area contributed by atoms with Gasteiger partial charge in [-0.05, 0) is 51.3 Å². The van der Waals surface area contributed by atoms with Gasteiger partial charge in [0.25, 0.3) is 10.1 Å². The molecule has 0 aromatic heterocycles. The van der Waals surface area contributed by atoms with E-state index in [4.69, 9.17) is 20.5 Å². The molecule has 1 aliphatic rings. The predicted octanol–water partition coefficient (Wildman–Crippen LogP) is 3.18. The van der Waals surface area contributed by atoms with Crippen LogP contribution in [0.4, 0.5) is 4.79 Å². The highest BCUT2D eigenvalue weighted by Crippen LogP contribution is 2.36. The molecule has 30 heavy (non-hydrogen) atoms. The Labute approximate surface area is 183 Å². The van der Waals surface area contributed by atoms with E-state index in [1.165, 1.54) is 0 Å². The SMILES string of the molecule is Cc1c(Cl)cccc1C(OS(C)(=O)=O)C1CCC(=O)N1CCNC(=O)OC(C)(C)C. The summed E-state index contributed by atoms with van der Waals surface area (Å²) in [6, 6.07) is 4.66. The van der Waals surface area contributed by atoms with Crippen LogP contribution in [0.15, 0.2) is 18.2 Å². The normalized spacial score (nSPS) is 18.4. The first kappa shape index (κ1) is 24.4. The van der Waals surface area contributed by atoms with Crippen molar-refractivity contribution in [3.8, 4) is 0 Å². The first-order valence-electron chi connectivity index (χ1n) is 9.68. The number of benzene rings is 1. The standard InChI is InChI=1S/C20H29ClN2O6S/c1-13-14(7-6-8-15(13)21)18(29-30(5,26)27)16-9-10-17(24)23(16)12-11-22-19(25)28-20(2,3)4/h6-8,16,18H,9-12H2,1-5H3,(H,22,25). The summed E-state index contributed by atoms with van der Waals surface area (Å²) in [5.41, 5.74) is 0.672. The summed E-state index contributed by atoms with van der Waals surface area (Å²) in [7, 11) is -3.80. The third-order valence-corrected chi connectivity index (χ3v) is 5.61. The van der Waals surface area contributed by atoms with E-state index in [-0.39, 0.29) is 25.4 Å². The average Bonchev–Trinajstić information content (AvgIpc) is 2.94. The summed E-state index contributed by atoms with van der Waals surface area (Å²) < 4.78 is 34.5. The van der Waals surface area contributed by atoms with Crippen molar-refractivity contribution in [3.63, 3.8) is 0 Å². The molecule has 2 atom stereocenters. The summed E-state index contributed by atoms with van der Waals surface area (Å²) in [4.78, 5) is 25.9. The van der Waals surface area contributed by atoms with Crippen LogP contribution >= 0.6 is 11.6 Å². The lowest BCUT2D eigenvalue weighted by atomic mass is 9.96. The van der Waals surface area contributed by atoms with Crippen LogP contribution in [0.5, 0.6) is 0 Å². The number of ether oxygens (including phenoxy) is 1. The van der Waals surface area contributed by atoms with E-state index < -0.39 is 34.0 Å². The molecule has 1 aromatic carbocycles. The Morgan fingerprint density at radius 3 is 2.63 bits per heavy atom. The lowest BCUT2D eigenvalue weighted by Gasteiger charge is -2.32. The van der Waals surface area contributed by atoms with Gasteiger partial charge < -0.3 is 15.0 Å². The third kappa shape index (κ3) is 6.85. The van der Waals surface area contributed by atoms with Gasteiger partial charge in [0.15, 0.2) is 0 Å². The van der Waals surface area contributed by atoms with Gasteiger partial charge in [0.2, 0.25) is 5.91 Å². The second-order valence-electron chi connectivity index (χ2n) is 8.30. The minimum Gasteiger partial charge on any atom is -0.444 e. The Morgan fingerprint density at radius 1 is 1.37 bits per heavy atom. The van der Waals surface area contributed by atoms with Crippen molar-refractivity contribution >= 4 is 33.7 Å². The molecule has 0 aliphatic carbocycles. The number of hydrogen-bond acceptors (Lipinski definition) is 6. The van der Waals surface area contributed by atoms with E-state index in [0.717, 1.165) is 6.26 Å². The Bertz CT molecular complexity index is 897. The van der Waals surface area contributed by atoms with Crippen molar-refractivity contribution in [2.75, 3.05) is 19.3 Å². The van der Waals surface area contributed by atoms with Gasteiger partial charge in [-0.25, -0.2) is 4.79 Å². The highest BCUT2D eigenvalue weighted by molar-refractivity contribution is 7.86. The van der Waals surface area contributed by atoms with Gasteiger partial charge in [0.1, 0.15) is 11.7 Å². The topological polar surface area (TPSA) is 102 Å². The predicted molar refractivity (Wildman–Crippen MR) is 114 cm³/mol. The highest BCUT2D eigenvalue weighted by Gasteiger charge is 2.40. The molecule has 1 saturated heterocycles. The van der Waals surface area contributed by atoms with Crippen LogP contribution in [0.25, 0.3) is 0 Å². The summed E-state index contributed by atoms with van der Waals surface area (Å²) >= 11 is 6.23. The molecule has 8 nitrogen and oxygen atoms in total. The van der Waals surface area contributed by atoms with Crippen LogP contribution < -0.4 is 5.32 Å². The van der Waals surface area contributed by atoms with Crippen molar-refractivity contribution in [1.82, 2.24) is 10.2 Å². The zero-order valence-corrected chi connectivity index (χ0v) is 19.5. The van der Waals surface area contributed by atoms with Crippen molar-refractivity contribution in [2.45, 2.75) is 58.3 Å². The molecular formula is C20H29ClN2O6S. The second kappa shape index (κ2) is 9.53. The Hall–Kier alpha value is -1.84. The molecule has 0 spiro atoms. The van der Waals surface area contributed by atoms with Crippen LogP contribution in [0.2, 0.25) is 5.02 Å². The van der Waals surface area contributed by atoms with Gasteiger partial charge in [-0.1, -0.05) is 23.7 Å². The molecule has 0 radical (unpaired) electrons. The molecular weight excluding hydrogens is 432 g/mol. The highest BCUT2D eigenvalue weighted by atomic mass is 35.5. The summed E-state index contributed by atoms with van der Waals surface area (Å²) in [5.74, 6) is -0.132. The molecule has 2 rings (SSSR count). The molecule has 0 saturated carbocycles. The fourth-order valence-electron chi connectivity index (χ4n) is 3.40. The molecule has 0 bridgehead atoms. The number of rotatable bonds is 7. The summed E-state index contributed by atoms with van der Waals surface area (Å²) in [5, 5.41) is 3.10. The van der Waals surface area contributed by atoms with E-state index in [1.54, 1.807) is 50.8 Å². The van der Waals surface area contributed by atoms with E-state index >= 15 is 0 Å². The van der Waals surface area contributed by atoms with Gasteiger partial charge in [-0.3, -0.25) is 8.98 Å². The molecule has 1 fully saturated rings. The molecule has 2 amide bonds. The van der Waals surface area contributed by atoms with Crippen molar-refractivity contribution in [3.05, 3.63) is 34.3 Å². The fourth-order valence-corrected chi connectivity index (χ4v) is 4.19. The van der Waals surface area contributed by atoms with Gasteiger partial charge in [-0.2, -0.15) is 8.42 Å². The van der Waals surface area contributed by atoms with Gasteiger partial charge in [0, 0.05) is 24.5 Å². The maximum absolute atomic E-state index is 12.5. The van der Waals surface area contributed by atoms with Crippen molar-refractivity contribution in [2.24, 2.45) is 0 Å². The summed E-state index contributed by atoms with van der Waals surface area (Å²) in [6.45, 7) is 7.41. The maximum atomic E-state index is 12.5. The zero-order valence-electron chi connectivity index (χ0n) is 17.9. The molecule has 168 valence electrons. The Morgan fingerprint density at radius 2 is 2.03 bits per heavy atom. The number of carbonyl (C=O) groups excluding carboxylic acids is 2. The lowest BCUT2D eigenvalue weighted by molar-refractivity contribution is -0.130. The maximum Gasteiger partial charge on any atom is 0.407 e. The minimum absolute atomic E-state index is 0.132. The number of halogens is 1. The van der Waals surface area contributed by atoms with E-state index in [2.05, 4.69) is 5.32 Å². The first-order chi connectivity index (χ1) is 13.8. The monoisotopic (exact) mass is 460 g/mol. The summed E-state index contributed by atoms with van der Waals surface area (Å²) in [6.07, 6.45) is 0.190. The minimum atomic E-state index is -3.80. The van der Waals surface area contributed by atoms with Crippen molar-refractivity contribution in [1.29, 1.82) is 0 Å². The Balaban J connectivity index is 2.21. The van der Waals surface area contributed by atoms with Crippen LogP contribution in [-0.4, -0.2) is 56.3 Å². The number of nitrogens with zero attached hydrogens (tertiary/aromatic N) is 1. The van der Waals surface area contributed by atoms with Gasteiger partial charge >= 0.3 is 6.09 Å².